The summed E-state index contributed by atoms with van der Waals surface area (Å²) in [4.78, 5) is 86.7. The van der Waals surface area contributed by atoms with E-state index in [0.29, 0.717) is 131 Å². The average molecular weight is 1670 g/mol. The fourth-order valence-electron chi connectivity index (χ4n) is 17.1. The molecule has 636 valence electrons. The summed E-state index contributed by atoms with van der Waals surface area (Å²) < 4.78 is 64.2. The van der Waals surface area contributed by atoms with E-state index in [1.807, 2.05) is 78.9 Å². The molecule has 19 rings (SSSR count). The monoisotopic (exact) mass is 1670 g/mol. The third-order valence-electron chi connectivity index (χ3n) is 24.8. The minimum Gasteiger partial charge on any atom is -0.400 e. The molecule has 121 heavy (non-hydrogen) atoms. The molecule has 3 atom stereocenters. The fourth-order valence-corrected chi connectivity index (χ4v) is 17.3. The van der Waals surface area contributed by atoms with Gasteiger partial charge in [-0.1, -0.05) is 48.6 Å². The summed E-state index contributed by atoms with van der Waals surface area (Å²) in [7, 11) is 4.65. The van der Waals surface area contributed by atoms with Gasteiger partial charge in [0, 0.05) is 119 Å². The molecule has 7 saturated heterocycles. The van der Waals surface area contributed by atoms with E-state index < -0.39 is 11.6 Å². The molecule has 9 aromatic rings. The SMILES string of the molecule is CC1(C)OB(C2=CCC3(CC2)OCCO3)OC1(C)C.CNC(=O)c1cccc(-c2ccc3c(N4CCOC[C@@H]4C)nc(C4=CCC5(CC4)OCCO5)nc3n2)c1.CNC(=O)c1cccc(-c2ccc3c(N4CCOC[C@@H]4C)nc(C4CCC5(CC4)OCCO5)nc3n2)c1.CNC(=O)c1cccc(-c2ccc3c(N4CCOC[C@@H]4C)nc(Cl)nc3n2)c1. The third kappa shape index (κ3) is 18.5. The maximum Gasteiger partial charge on any atom is 0.490 e. The Morgan fingerprint density at radius 3 is 1.24 bits per heavy atom. The molecule has 3 spiro atoms. The van der Waals surface area contributed by atoms with Crippen LogP contribution in [0.1, 0.15) is 161 Å². The fraction of sp³-hybridized carbons (Fsp3) is 0.489. The second-order valence-corrected chi connectivity index (χ2v) is 33.6. The maximum absolute atomic E-state index is 12.2. The number of morpholine rings is 3. The standard InChI is InChI=1S/C28H33N5O4.C28H31N5O4.C20H20ClN5O2.C14H23BO4/c2*1-18-17-35-13-12-33(18)26-22-6-7-23(20-4-3-5-21(16-20)27(34)29-2)30-25(22)31-24(32-26)19-8-10-28(11-9-19)36-14-15-37-28;1-12-11-28-9-8-26(12)18-15-6-7-16(23-17(15)24-20(21)25-18)13-4-3-5-14(10-13)19(27)22-2;1-12(2)13(3,4)19-15(18-12)11-5-7-14(8-6-11)16-9-10-17-14/h3-7,16,18-19H,8-15,17H2,1-2H3,(H,29,34);3-8,16,18H,9-15,17H2,1-2H3,(H,29,34);3-7,10,12H,8-9,11H2,1-2H3,(H,22,27);5H,6-10H2,1-4H3/t2*18-;12-;/m000./s1. The lowest BCUT2D eigenvalue weighted by Crippen LogP contribution is -2.44. The molecular formula is C90H107BClN15O14. The number of ether oxygens (including phenoxy) is 9. The highest BCUT2D eigenvalue weighted by Crippen LogP contribution is 2.46. The van der Waals surface area contributed by atoms with Gasteiger partial charge in [-0.3, -0.25) is 14.4 Å². The second kappa shape index (κ2) is 36.4. The topological polar surface area (TPSA) is 315 Å². The van der Waals surface area contributed by atoms with E-state index >= 15 is 0 Å². The number of benzene rings is 3. The lowest BCUT2D eigenvalue weighted by molar-refractivity contribution is -0.179. The van der Waals surface area contributed by atoms with Crippen LogP contribution in [0.3, 0.4) is 0 Å². The highest BCUT2D eigenvalue weighted by Gasteiger charge is 2.54. The van der Waals surface area contributed by atoms with Crippen molar-refractivity contribution in [2.45, 2.75) is 165 Å². The van der Waals surface area contributed by atoms with Crippen LogP contribution in [0, 0.1) is 0 Å². The van der Waals surface area contributed by atoms with Crippen molar-refractivity contribution in [2.75, 3.05) is 135 Å². The summed E-state index contributed by atoms with van der Waals surface area (Å²) in [5.74, 6) is 2.63. The van der Waals surface area contributed by atoms with Gasteiger partial charge < -0.3 is 82.6 Å². The van der Waals surface area contributed by atoms with Gasteiger partial charge in [0.25, 0.3) is 17.7 Å². The number of nitrogens with one attached hydrogen (secondary N) is 3. The first-order valence-electron chi connectivity index (χ1n) is 42.3. The van der Waals surface area contributed by atoms with Gasteiger partial charge >= 0.3 is 7.12 Å². The van der Waals surface area contributed by atoms with Crippen molar-refractivity contribution in [3.63, 3.8) is 0 Å². The van der Waals surface area contributed by atoms with Crippen LogP contribution in [0.2, 0.25) is 5.28 Å². The smallest absolute Gasteiger partial charge is 0.400 e. The zero-order valence-corrected chi connectivity index (χ0v) is 71.3. The molecule has 8 fully saturated rings. The first kappa shape index (κ1) is 84.9. The number of fused-ring (bicyclic) bond motifs is 3. The van der Waals surface area contributed by atoms with Crippen LogP contribution < -0.4 is 30.7 Å². The molecule has 29 nitrogen and oxygen atoms in total. The van der Waals surface area contributed by atoms with Crippen LogP contribution in [0.15, 0.2) is 127 Å². The molecule has 13 heterocycles. The predicted molar refractivity (Wildman–Crippen MR) is 461 cm³/mol. The summed E-state index contributed by atoms with van der Waals surface area (Å²) in [6, 6.07) is 34.8. The van der Waals surface area contributed by atoms with Crippen molar-refractivity contribution >= 4 is 92.6 Å². The zero-order valence-electron chi connectivity index (χ0n) is 70.6. The van der Waals surface area contributed by atoms with Crippen LogP contribution in [-0.4, -0.2) is 236 Å². The largest absolute Gasteiger partial charge is 0.490 e. The van der Waals surface area contributed by atoms with Gasteiger partial charge in [-0.25, -0.2) is 34.9 Å². The van der Waals surface area contributed by atoms with Gasteiger partial charge in [-0.2, -0.15) is 9.97 Å². The van der Waals surface area contributed by atoms with E-state index in [9.17, 15) is 14.4 Å². The summed E-state index contributed by atoms with van der Waals surface area (Å²) in [6.45, 7) is 25.0. The van der Waals surface area contributed by atoms with Gasteiger partial charge in [0.15, 0.2) is 40.1 Å². The molecule has 3 amide bonds. The van der Waals surface area contributed by atoms with E-state index in [2.05, 4.69) is 112 Å². The van der Waals surface area contributed by atoms with Gasteiger partial charge in [0.1, 0.15) is 23.3 Å². The van der Waals surface area contributed by atoms with Gasteiger partial charge in [0.2, 0.25) is 5.28 Å². The Bertz CT molecular complexity index is 5350. The molecule has 0 unspecified atom stereocenters. The van der Waals surface area contributed by atoms with Crippen LogP contribution in [0.4, 0.5) is 17.5 Å². The van der Waals surface area contributed by atoms with Crippen LogP contribution in [0.5, 0.6) is 0 Å². The Hall–Kier alpha value is -9.67. The Kier molecular flexibility index (Phi) is 25.6. The van der Waals surface area contributed by atoms with Crippen molar-refractivity contribution in [2.24, 2.45) is 0 Å². The summed E-state index contributed by atoms with van der Waals surface area (Å²) in [5.41, 5.74) is 10.2. The molecule has 3 N–H and O–H groups in total. The Labute approximate surface area is 710 Å². The first-order chi connectivity index (χ1) is 58.5. The first-order valence-corrected chi connectivity index (χ1v) is 42.7. The van der Waals surface area contributed by atoms with Crippen molar-refractivity contribution < 1.29 is 66.3 Å². The molecule has 0 radical (unpaired) electrons. The number of pyridine rings is 3. The number of carbonyl (C=O) groups is 3. The van der Waals surface area contributed by atoms with Crippen LogP contribution in [-0.2, 0) is 51.9 Å². The zero-order chi connectivity index (χ0) is 84.2. The highest BCUT2D eigenvalue weighted by molar-refractivity contribution is 6.54. The lowest BCUT2D eigenvalue weighted by Gasteiger charge is -2.36. The van der Waals surface area contributed by atoms with Crippen molar-refractivity contribution in [1.29, 1.82) is 0 Å². The summed E-state index contributed by atoms with van der Waals surface area (Å²) >= 11 is 6.20. The number of hydrogen-bond acceptors (Lipinski definition) is 26. The lowest BCUT2D eigenvalue weighted by atomic mass is 9.71. The Balaban J connectivity index is 0.000000123. The number of hydrogen-bond donors (Lipinski definition) is 3. The second-order valence-electron chi connectivity index (χ2n) is 33.2. The number of aromatic nitrogens is 9. The quantitative estimate of drug-likeness (QED) is 0.0756. The van der Waals surface area contributed by atoms with Crippen molar-refractivity contribution in [3.8, 4) is 33.8 Å². The maximum atomic E-state index is 12.2. The number of halogens is 1. The van der Waals surface area contributed by atoms with E-state index in [-0.39, 0.29) is 71.2 Å². The highest BCUT2D eigenvalue weighted by atomic mass is 35.5. The van der Waals surface area contributed by atoms with Gasteiger partial charge in [0.05, 0.1) is 142 Å². The van der Waals surface area contributed by atoms with E-state index in [4.69, 9.17) is 93.4 Å². The van der Waals surface area contributed by atoms with Crippen molar-refractivity contribution in [1.82, 2.24) is 60.8 Å². The van der Waals surface area contributed by atoms with Crippen LogP contribution in [0.25, 0.3) is 72.4 Å². The van der Waals surface area contributed by atoms with Gasteiger partial charge in [-0.15, -0.1) is 0 Å². The number of allylic oxidation sites excluding steroid dienone is 2. The third-order valence-corrected chi connectivity index (χ3v) is 24.9. The molecule has 3 aromatic carbocycles. The molecule has 10 aliphatic rings. The minimum atomic E-state index is -0.497. The number of nitrogens with zero attached hydrogens (tertiary/aromatic N) is 12. The molecule has 6 aromatic heterocycles. The summed E-state index contributed by atoms with van der Waals surface area (Å²) in [6.07, 6.45) is 12.7. The van der Waals surface area contributed by atoms with Crippen molar-refractivity contribution in [3.05, 3.63) is 160 Å². The Morgan fingerprint density at radius 1 is 0.438 bits per heavy atom. The average Bonchev–Trinajstić information content (AvgIpc) is 0.852. The van der Waals surface area contributed by atoms with E-state index in [1.165, 1.54) is 5.47 Å². The van der Waals surface area contributed by atoms with E-state index in [0.717, 1.165) is 151 Å². The molecule has 31 heteroatoms. The molecule has 7 aliphatic heterocycles. The van der Waals surface area contributed by atoms with E-state index in [1.54, 1.807) is 45.4 Å². The predicted octanol–water partition coefficient (Wildman–Crippen LogP) is 12.7. The molecule has 0 bridgehead atoms. The summed E-state index contributed by atoms with van der Waals surface area (Å²) in [5, 5.41) is 10.8. The van der Waals surface area contributed by atoms with Gasteiger partial charge in [-0.05, 0) is 170 Å². The minimum absolute atomic E-state index is 0.124. The molecular weight excluding hydrogens is 1560 g/mol. The Morgan fingerprint density at radius 2 is 0.835 bits per heavy atom. The number of carbonyl (C=O) groups excluding carboxylic acids is 3. The van der Waals surface area contributed by atoms with Crippen LogP contribution >= 0.6 is 11.6 Å². The number of rotatable bonds is 12. The molecule has 3 aliphatic carbocycles. The number of amides is 3. The number of anilines is 3. The molecule has 1 saturated carbocycles. The normalized spacial score (nSPS) is 22.2.